The van der Waals surface area contributed by atoms with Gasteiger partial charge in [0, 0.05) is 0 Å². The van der Waals surface area contributed by atoms with Gasteiger partial charge in [0.1, 0.15) is 0 Å². The zero-order chi connectivity index (χ0) is 9.68. The van der Waals surface area contributed by atoms with Gasteiger partial charge in [0.2, 0.25) is 0 Å². The Labute approximate surface area is 96.7 Å². The largest absolute Gasteiger partial charge is 0.195 e. The third kappa shape index (κ3) is 3.94. The topological polar surface area (TPSA) is 0 Å². The zero-order valence-electron chi connectivity index (χ0n) is 7.78. The SMILES string of the molecule is CCCCCCc1cc(F)sc1I. The van der Waals surface area contributed by atoms with Crippen molar-refractivity contribution in [1.29, 1.82) is 0 Å². The molecule has 1 aromatic heterocycles. The number of rotatable bonds is 5. The van der Waals surface area contributed by atoms with Crippen molar-refractivity contribution in [2.45, 2.75) is 39.0 Å². The van der Waals surface area contributed by atoms with Crippen LogP contribution < -0.4 is 0 Å². The van der Waals surface area contributed by atoms with Gasteiger partial charge in [0.15, 0.2) is 5.13 Å². The molecule has 0 saturated carbocycles. The monoisotopic (exact) mass is 312 g/mol. The van der Waals surface area contributed by atoms with Gasteiger partial charge in [0.25, 0.3) is 0 Å². The summed E-state index contributed by atoms with van der Waals surface area (Å²) in [5, 5.41) is -0.0464. The molecular formula is C10H14FIS. The van der Waals surface area contributed by atoms with E-state index in [1.54, 1.807) is 6.07 Å². The maximum atomic E-state index is 12.8. The Morgan fingerprint density at radius 2 is 2.15 bits per heavy atom. The van der Waals surface area contributed by atoms with E-state index in [4.69, 9.17) is 0 Å². The molecule has 0 bridgehead atoms. The fourth-order valence-corrected chi connectivity index (χ4v) is 3.01. The van der Waals surface area contributed by atoms with Gasteiger partial charge >= 0.3 is 0 Å². The lowest BCUT2D eigenvalue weighted by Crippen LogP contribution is -1.84. The first-order valence-corrected chi connectivity index (χ1v) is 6.57. The second-order valence-electron chi connectivity index (χ2n) is 3.16. The van der Waals surface area contributed by atoms with Crippen LogP contribution in [0.5, 0.6) is 0 Å². The van der Waals surface area contributed by atoms with E-state index in [0.717, 1.165) is 9.30 Å². The summed E-state index contributed by atoms with van der Waals surface area (Å²) in [5.41, 5.74) is 1.19. The molecular weight excluding hydrogens is 298 g/mol. The lowest BCUT2D eigenvalue weighted by molar-refractivity contribution is 0.649. The predicted octanol–water partition coefficient (Wildman–Crippen LogP) is 4.61. The van der Waals surface area contributed by atoms with E-state index in [-0.39, 0.29) is 5.13 Å². The van der Waals surface area contributed by atoms with Crippen LogP contribution in [0.1, 0.15) is 38.2 Å². The number of unbranched alkanes of at least 4 members (excludes halogenated alkanes) is 3. The quantitative estimate of drug-likeness (QED) is 0.550. The first-order valence-electron chi connectivity index (χ1n) is 4.67. The van der Waals surface area contributed by atoms with Crippen molar-refractivity contribution in [3.8, 4) is 0 Å². The second-order valence-corrected chi connectivity index (χ2v) is 5.97. The van der Waals surface area contributed by atoms with Crippen LogP contribution in [0.25, 0.3) is 0 Å². The van der Waals surface area contributed by atoms with Crippen molar-refractivity contribution in [2.75, 3.05) is 0 Å². The third-order valence-electron chi connectivity index (χ3n) is 2.03. The van der Waals surface area contributed by atoms with Gasteiger partial charge in [-0.05, 0) is 47.1 Å². The van der Waals surface area contributed by atoms with E-state index in [0.29, 0.717) is 0 Å². The number of halogens is 2. The standard InChI is InChI=1S/C10H14FIS/c1-2-3-4-5-6-8-7-9(11)13-10(8)12/h7H,2-6H2,1H3. The molecule has 0 unspecified atom stereocenters. The van der Waals surface area contributed by atoms with E-state index in [1.165, 1.54) is 42.6 Å². The minimum Gasteiger partial charge on any atom is -0.195 e. The van der Waals surface area contributed by atoms with Gasteiger partial charge in [0.05, 0.1) is 2.88 Å². The average molecular weight is 312 g/mol. The summed E-state index contributed by atoms with van der Waals surface area (Å²) in [6.07, 6.45) is 6.06. The van der Waals surface area contributed by atoms with Crippen LogP contribution in [-0.4, -0.2) is 0 Å². The zero-order valence-corrected chi connectivity index (χ0v) is 10.8. The van der Waals surface area contributed by atoms with Gasteiger partial charge in [-0.2, -0.15) is 4.39 Å². The van der Waals surface area contributed by atoms with Crippen LogP contribution in [0, 0.1) is 8.01 Å². The van der Waals surface area contributed by atoms with Crippen molar-refractivity contribution >= 4 is 33.9 Å². The van der Waals surface area contributed by atoms with Crippen molar-refractivity contribution < 1.29 is 4.39 Å². The smallest absolute Gasteiger partial charge is 0.177 e. The molecule has 0 fully saturated rings. The fraction of sp³-hybridized carbons (Fsp3) is 0.600. The normalized spacial score (nSPS) is 10.7. The highest BCUT2D eigenvalue weighted by Gasteiger charge is 2.05. The highest BCUT2D eigenvalue weighted by Crippen LogP contribution is 2.24. The minimum absolute atomic E-state index is 0.0464. The first-order chi connectivity index (χ1) is 6.24. The van der Waals surface area contributed by atoms with Gasteiger partial charge in [-0.3, -0.25) is 0 Å². The Kier molecular flexibility index (Phi) is 5.24. The van der Waals surface area contributed by atoms with Crippen LogP contribution >= 0.6 is 33.9 Å². The Hall–Kier alpha value is 0.360. The Morgan fingerprint density at radius 1 is 1.38 bits per heavy atom. The van der Waals surface area contributed by atoms with Gasteiger partial charge in [-0.15, -0.1) is 0 Å². The van der Waals surface area contributed by atoms with E-state index >= 15 is 0 Å². The molecule has 0 atom stereocenters. The summed E-state index contributed by atoms with van der Waals surface area (Å²) in [5.74, 6) is 0. The number of aryl methyl sites for hydroxylation is 1. The van der Waals surface area contributed by atoms with Crippen molar-refractivity contribution in [3.05, 3.63) is 19.6 Å². The maximum Gasteiger partial charge on any atom is 0.177 e. The van der Waals surface area contributed by atoms with E-state index < -0.39 is 0 Å². The summed E-state index contributed by atoms with van der Waals surface area (Å²) in [7, 11) is 0. The van der Waals surface area contributed by atoms with Crippen molar-refractivity contribution in [1.82, 2.24) is 0 Å². The molecule has 0 amide bonds. The average Bonchev–Trinajstić information content (AvgIpc) is 2.39. The van der Waals surface area contributed by atoms with Crippen LogP contribution in [0.3, 0.4) is 0 Å². The van der Waals surface area contributed by atoms with Gasteiger partial charge in [-0.1, -0.05) is 37.5 Å². The molecule has 0 radical (unpaired) electrons. The van der Waals surface area contributed by atoms with Crippen LogP contribution in [0.15, 0.2) is 6.07 Å². The van der Waals surface area contributed by atoms with Crippen molar-refractivity contribution in [3.63, 3.8) is 0 Å². The summed E-state index contributed by atoms with van der Waals surface area (Å²) in [4.78, 5) is 0. The summed E-state index contributed by atoms with van der Waals surface area (Å²) >= 11 is 3.47. The Bertz CT molecular complexity index is 257. The summed E-state index contributed by atoms with van der Waals surface area (Å²) < 4.78 is 13.9. The van der Waals surface area contributed by atoms with E-state index in [9.17, 15) is 4.39 Å². The van der Waals surface area contributed by atoms with Gasteiger partial charge in [-0.25, -0.2) is 0 Å². The van der Waals surface area contributed by atoms with Crippen molar-refractivity contribution in [2.24, 2.45) is 0 Å². The number of thiophene rings is 1. The molecule has 0 spiro atoms. The number of hydrogen-bond donors (Lipinski definition) is 0. The maximum absolute atomic E-state index is 12.8. The van der Waals surface area contributed by atoms with Crippen LogP contribution in [0.4, 0.5) is 4.39 Å². The Morgan fingerprint density at radius 3 is 2.69 bits per heavy atom. The first kappa shape index (κ1) is 11.4. The molecule has 0 aliphatic heterocycles. The lowest BCUT2D eigenvalue weighted by atomic mass is 10.1. The molecule has 0 aromatic carbocycles. The minimum atomic E-state index is -0.0464. The third-order valence-corrected chi connectivity index (χ3v) is 4.13. The van der Waals surface area contributed by atoms with Gasteiger partial charge < -0.3 is 0 Å². The fourth-order valence-electron chi connectivity index (χ4n) is 1.29. The highest BCUT2D eigenvalue weighted by atomic mass is 127. The summed E-state index contributed by atoms with van der Waals surface area (Å²) in [6, 6.07) is 1.68. The molecule has 0 saturated heterocycles. The lowest BCUT2D eigenvalue weighted by Gasteiger charge is -1.97. The second kappa shape index (κ2) is 5.96. The highest BCUT2D eigenvalue weighted by molar-refractivity contribution is 14.1. The summed E-state index contributed by atoms with van der Waals surface area (Å²) in [6.45, 7) is 2.20. The van der Waals surface area contributed by atoms with E-state index in [1.807, 2.05) is 0 Å². The molecule has 74 valence electrons. The van der Waals surface area contributed by atoms with Crippen LogP contribution in [-0.2, 0) is 6.42 Å². The molecule has 13 heavy (non-hydrogen) atoms. The molecule has 0 nitrogen and oxygen atoms in total. The Balaban J connectivity index is 2.32. The molecule has 0 N–H and O–H groups in total. The molecule has 3 heteroatoms. The molecule has 0 aliphatic carbocycles. The van der Waals surface area contributed by atoms with E-state index in [2.05, 4.69) is 29.5 Å². The molecule has 1 heterocycles. The predicted molar refractivity (Wildman–Crippen MR) is 64.8 cm³/mol. The van der Waals surface area contributed by atoms with Crippen LogP contribution in [0.2, 0.25) is 0 Å². The number of hydrogen-bond acceptors (Lipinski definition) is 1. The molecule has 1 rings (SSSR count). The molecule has 1 aromatic rings. The molecule has 0 aliphatic rings.